The molecule has 0 unspecified atom stereocenters. The molecule has 0 aliphatic rings. The van der Waals surface area contributed by atoms with Gasteiger partial charge in [0.2, 0.25) is 0 Å². The number of hydrogen-bond donors (Lipinski definition) is 3. The third-order valence-electron chi connectivity index (χ3n) is 5.96. The first-order valence-corrected chi connectivity index (χ1v) is 12.9. The Labute approximate surface area is 230 Å². The van der Waals surface area contributed by atoms with Crippen molar-refractivity contribution in [2.75, 3.05) is 18.5 Å². The fourth-order valence-electron chi connectivity index (χ4n) is 3.84. The van der Waals surface area contributed by atoms with E-state index in [1.807, 2.05) is 0 Å². The van der Waals surface area contributed by atoms with Gasteiger partial charge in [0, 0.05) is 23.4 Å². The van der Waals surface area contributed by atoms with Crippen LogP contribution in [0.3, 0.4) is 0 Å². The summed E-state index contributed by atoms with van der Waals surface area (Å²) in [6.45, 7) is 2.49. The summed E-state index contributed by atoms with van der Waals surface area (Å²) < 4.78 is 44.5. The molecule has 0 saturated heterocycles. The Hall–Kier alpha value is -3.72. The number of amides is 1. The molecule has 0 saturated carbocycles. The number of halogens is 4. The molecular weight excluding hydrogens is 533 g/mol. The van der Waals surface area contributed by atoms with Gasteiger partial charge in [-0.2, -0.15) is 13.2 Å². The first-order chi connectivity index (χ1) is 18.6. The average Bonchev–Trinajstić information content (AvgIpc) is 2.90. The standard InChI is InChI=1S/C29H30ClF3N2O4/c1-2-3-4-23(35-22-11-7-20(8-12-22)28(38)34-16-15-27(36)37)18-39-24-13-14-25(26(30)17-24)19-5-9-21(10-6-19)29(31,32)33/h5-14,17,23,35H,2-4,15-16,18H2,1H3,(H,34,38)(H,36,37)/t23-/m0/s1. The minimum absolute atomic E-state index is 0.0337. The van der Waals surface area contributed by atoms with Gasteiger partial charge in [-0.1, -0.05) is 43.5 Å². The Balaban J connectivity index is 1.61. The number of hydrogen-bond acceptors (Lipinski definition) is 4. The highest BCUT2D eigenvalue weighted by Crippen LogP contribution is 2.34. The summed E-state index contributed by atoms with van der Waals surface area (Å²) in [6, 6.07) is 16.8. The van der Waals surface area contributed by atoms with E-state index in [9.17, 15) is 22.8 Å². The Morgan fingerprint density at radius 3 is 2.31 bits per heavy atom. The monoisotopic (exact) mass is 562 g/mol. The normalized spacial score (nSPS) is 12.0. The topological polar surface area (TPSA) is 87.7 Å². The number of unbranched alkanes of at least 4 members (excludes halogenated alkanes) is 1. The number of nitrogens with one attached hydrogen (secondary N) is 2. The summed E-state index contributed by atoms with van der Waals surface area (Å²) in [4.78, 5) is 22.8. The minimum Gasteiger partial charge on any atom is -0.491 e. The van der Waals surface area contributed by atoms with Crippen LogP contribution >= 0.6 is 11.6 Å². The van der Waals surface area contributed by atoms with Crippen LogP contribution < -0.4 is 15.4 Å². The second-order valence-corrected chi connectivity index (χ2v) is 9.40. The lowest BCUT2D eigenvalue weighted by Crippen LogP contribution is -2.27. The molecule has 208 valence electrons. The second kappa shape index (κ2) is 13.9. The fraction of sp³-hybridized carbons (Fsp3) is 0.310. The quantitative estimate of drug-likeness (QED) is 0.204. The van der Waals surface area contributed by atoms with Crippen LogP contribution in [0.5, 0.6) is 5.75 Å². The predicted octanol–water partition coefficient (Wildman–Crippen LogP) is 7.28. The molecule has 1 atom stereocenters. The number of aliphatic carboxylic acids is 1. The molecule has 0 bridgehead atoms. The SMILES string of the molecule is CCCC[C@@H](COc1ccc(-c2ccc(C(F)(F)F)cc2)c(Cl)c1)Nc1ccc(C(=O)NCCC(=O)O)cc1. The molecule has 0 spiro atoms. The first kappa shape index (κ1) is 29.8. The second-order valence-electron chi connectivity index (χ2n) is 8.99. The summed E-state index contributed by atoms with van der Waals surface area (Å²) in [5, 5.41) is 15.0. The third-order valence-corrected chi connectivity index (χ3v) is 6.28. The van der Waals surface area contributed by atoms with Crippen molar-refractivity contribution >= 4 is 29.2 Å². The Morgan fingerprint density at radius 1 is 1.03 bits per heavy atom. The number of ether oxygens (including phenoxy) is 1. The lowest BCUT2D eigenvalue weighted by molar-refractivity contribution is -0.138. The number of carbonyl (C=O) groups excluding carboxylic acids is 1. The molecule has 10 heteroatoms. The number of benzene rings is 3. The van der Waals surface area contributed by atoms with Crippen LogP contribution in [0.4, 0.5) is 18.9 Å². The maximum Gasteiger partial charge on any atom is 0.416 e. The number of carboxylic acids is 1. The molecule has 0 heterocycles. The van der Waals surface area contributed by atoms with Crippen LogP contribution in [0.1, 0.15) is 48.5 Å². The summed E-state index contributed by atoms with van der Waals surface area (Å²) in [7, 11) is 0. The zero-order valence-corrected chi connectivity index (χ0v) is 22.1. The number of carboxylic acid groups (broad SMARTS) is 1. The van der Waals surface area contributed by atoms with Gasteiger partial charge in [0.15, 0.2) is 0 Å². The number of rotatable bonds is 13. The molecule has 3 aromatic rings. The molecule has 0 aliphatic heterocycles. The van der Waals surface area contributed by atoms with Crippen molar-refractivity contribution in [2.24, 2.45) is 0 Å². The van der Waals surface area contributed by atoms with Gasteiger partial charge in [-0.25, -0.2) is 0 Å². The van der Waals surface area contributed by atoms with Gasteiger partial charge >= 0.3 is 12.1 Å². The molecule has 1 amide bonds. The van der Waals surface area contributed by atoms with E-state index >= 15 is 0 Å². The summed E-state index contributed by atoms with van der Waals surface area (Å²) in [6.07, 6.45) is -1.73. The number of carbonyl (C=O) groups is 2. The van der Waals surface area contributed by atoms with Crippen molar-refractivity contribution in [3.05, 3.63) is 82.9 Å². The Bertz CT molecular complexity index is 1250. The molecule has 0 aliphatic carbocycles. The predicted molar refractivity (Wildman–Crippen MR) is 145 cm³/mol. The van der Waals surface area contributed by atoms with Crippen molar-refractivity contribution in [1.29, 1.82) is 0 Å². The summed E-state index contributed by atoms with van der Waals surface area (Å²) in [5.41, 5.74) is 1.68. The van der Waals surface area contributed by atoms with Crippen LogP contribution in [0.15, 0.2) is 66.7 Å². The minimum atomic E-state index is -4.40. The van der Waals surface area contributed by atoms with Crippen LogP contribution in [-0.2, 0) is 11.0 Å². The van der Waals surface area contributed by atoms with Gasteiger partial charge in [-0.3, -0.25) is 9.59 Å². The highest BCUT2D eigenvalue weighted by Gasteiger charge is 2.30. The van der Waals surface area contributed by atoms with Crippen molar-refractivity contribution in [2.45, 2.75) is 44.8 Å². The van der Waals surface area contributed by atoms with Crippen molar-refractivity contribution in [3.8, 4) is 16.9 Å². The molecule has 0 aromatic heterocycles. The molecular formula is C29H30ClF3N2O4. The van der Waals surface area contributed by atoms with E-state index in [1.165, 1.54) is 12.1 Å². The van der Waals surface area contributed by atoms with Crippen molar-refractivity contribution in [1.82, 2.24) is 5.32 Å². The average molecular weight is 563 g/mol. The molecule has 3 rings (SSSR count). The van der Waals surface area contributed by atoms with E-state index in [0.29, 0.717) is 34.1 Å². The van der Waals surface area contributed by atoms with E-state index < -0.39 is 17.7 Å². The highest BCUT2D eigenvalue weighted by molar-refractivity contribution is 6.33. The largest absolute Gasteiger partial charge is 0.491 e. The van der Waals surface area contributed by atoms with Crippen LogP contribution in [0.2, 0.25) is 5.02 Å². The fourth-order valence-corrected chi connectivity index (χ4v) is 4.12. The Morgan fingerprint density at radius 2 is 1.72 bits per heavy atom. The van der Waals surface area contributed by atoms with Crippen molar-refractivity contribution < 1.29 is 32.6 Å². The maximum absolute atomic E-state index is 12.9. The van der Waals surface area contributed by atoms with Gasteiger partial charge in [0.05, 0.1) is 23.0 Å². The zero-order valence-electron chi connectivity index (χ0n) is 21.4. The summed E-state index contributed by atoms with van der Waals surface area (Å²) >= 11 is 6.43. The molecule has 39 heavy (non-hydrogen) atoms. The molecule has 0 radical (unpaired) electrons. The van der Waals surface area contributed by atoms with Gasteiger partial charge in [-0.15, -0.1) is 0 Å². The molecule has 0 fully saturated rings. The lowest BCUT2D eigenvalue weighted by atomic mass is 10.0. The van der Waals surface area contributed by atoms with Gasteiger partial charge < -0.3 is 20.5 Å². The third kappa shape index (κ3) is 9.21. The van der Waals surface area contributed by atoms with Crippen LogP contribution in [-0.4, -0.2) is 36.2 Å². The Kier molecular flexibility index (Phi) is 10.6. The van der Waals surface area contributed by atoms with Crippen LogP contribution in [0, 0.1) is 0 Å². The molecule has 6 nitrogen and oxygen atoms in total. The molecule has 3 aromatic carbocycles. The van der Waals surface area contributed by atoms with E-state index in [0.717, 1.165) is 37.1 Å². The van der Waals surface area contributed by atoms with E-state index in [-0.39, 0.29) is 24.9 Å². The van der Waals surface area contributed by atoms with E-state index in [4.69, 9.17) is 21.4 Å². The highest BCUT2D eigenvalue weighted by atomic mass is 35.5. The van der Waals surface area contributed by atoms with Gasteiger partial charge in [-0.05, 0) is 66.6 Å². The zero-order chi connectivity index (χ0) is 28.4. The summed E-state index contributed by atoms with van der Waals surface area (Å²) in [5.74, 6) is -0.787. The first-order valence-electron chi connectivity index (χ1n) is 12.5. The van der Waals surface area contributed by atoms with Gasteiger partial charge in [0.25, 0.3) is 5.91 Å². The molecule has 3 N–H and O–H groups in total. The lowest BCUT2D eigenvalue weighted by Gasteiger charge is -2.21. The van der Waals surface area contributed by atoms with E-state index in [1.54, 1.807) is 42.5 Å². The number of alkyl halides is 3. The smallest absolute Gasteiger partial charge is 0.416 e. The van der Waals surface area contributed by atoms with Gasteiger partial charge in [0.1, 0.15) is 12.4 Å². The number of anilines is 1. The van der Waals surface area contributed by atoms with Crippen molar-refractivity contribution in [3.63, 3.8) is 0 Å². The van der Waals surface area contributed by atoms with Crippen LogP contribution in [0.25, 0.3) is 11.1 Å². The van der Waals surface area contributed by atoms with E-state index in [2.05, 4.69) is 17.6 Å². The maximum atomic E-state index is 12.9.